The first-order chi connectivity index (χ1) is 5.93. The summed E-state index contributed by atoms with van der Waals surface area (Å²) in [5.74, 6) is 0.174. The predicted octanol–water partition coefficient (Wildman–Crippen LogP) is 0.979. The number of nitrogens with zero attached hydrogens (tertiary/aromatic N) is 1. The third-order valence-electron chi connectivity index (χ3n) is 0.905. The molecule has 0 saturated heterocycles. The SMILES string of the molecule is C=C(O)CN(C)CC(=C)O.O=[PH+]O. The van der Waals surface area contributed by atoms with Crippen LogP contribution in [0.1, 0.15) is 0 Å². The molecular formula is C7H15NO4P+. The summed E-state index contributed by atoms with van der Waals surface area (Å²) < 4.78 is 8.51. The van der Waals surface area contributed by atoms with Gasteiger partial charge in [0.15, 0.2) is 0 Å². The van der Waals surface area contributed by atoms with Crippen LogP contribution in [0.25, 0.3) is 0 Å². The highest BCUT2D eigenvalue weighted by molar-refractivity contribution is 7.16. The molecule has 3 N–H and O–H groups in total. The average molecular weight is 208 g/mol. The van der Waals surface area contributed by atoms with Crippen LogP contribution < -0.4 is 0 Å². The van der Waals surface area contributed by atoms with Crippen molar-refractivity contribution < 1.29 is 19.7 Å². The zero-order valence-corrected chi connectivity index (χ0v) is 8.53. The van der Waals surface area contributed by atoms with Gasteiger partial charge in [-0.3, -0.25) is 4.90 Å². The van der Waals surface area contributed by atoms with Crippen LogP contribution in [0.3, 0.4) is 0 Å². The monoisotopic (exact) mass is 208 g/mol. The Balaban J connectivity index is 0. The third-order valence-corrected chi connectivity index (χ3v) is 0.905. The lowest BCUT2D eigenvalue weighted by Gasteiger charge is -2.13. The maximum atomic E-state index is 8.69. The average Bonchev–Trinajstić information content (AvgIpc) is 1.83. The van der Waals surface area contributed by atoms with Crippen LogP contribution in [0.15, 0.2) is 24.7 Å². The largest absolute Gasteiger partial charge is 0.512 e. The van der Waals surface area contributed by atoms with E-state index >= 15 is 0 Å². The lowest BCUT2D eigenvalue weighted by atomic mass is 10.4. The Labute approximate surface area is 78.9 Å². The van der Waals surface area contributed by atoms with Gasteiger partial charge in [-0.05, 0) is 11.6 Å². The van der Waals surface area contributed by atoms with Crippen molar-refractivity contribution >= 4 is 8.69 Å². The molecule has 76 valence electrons. The normalized spacial score (nSPS) is 9.15. The summed E-state index contributed by atoms with van der Waals surface area (Å²) in [5, 5.41) is 17.4. The number of hydrogen-bond donors (Lipinski definition) is 3. The van der Waals surface area contributed by atoms with E-state index in [0.717, 1.165) is 0 Å². The first-order valence-corrected chi connectivity index (χ1v) is 4.22. The van der Waals surface area contributed by atoms with Crippen molar-refractivity contribution in [2.45, 2.75) is 0 Å². The molecule has 0 aliphatic heterocycles. The van der Waals surface area contributed by atoms with Crippen LogP contribution in [0.2, 0.25) is 0 Å². The van der Waals surface area contributed by atoms with Crippen molar-refractivity contribution in [3.05, 3.63) is 24.7 Å². The summed E-state index contributed by atoms with van der Waals surface area (Å²) in [6.07, 6.45) is 0. The lowest BCUT2D eigenvalue weighted by molar-refractivity contribution is 0.269. The molecule has 1 atom stereocenters. The molecule has 0 aromatic carbocycles. The van der Waals surface area contributed by atoms with Gasteiger partial charge in [0.2, 0.25) is 0 Å². The summed E-state index contributed by atoms with van der Waals surface area (Å²) >= 11 is 0. The van der Waals surface area contributed by atoms with Gasteiger partial charge >= 0.3 is 8.69 Å². The van der Waals surface area contributed by atoms with Gasteiger partial charge in [-0.2, -0.15) is 4.89 Å². The molecule has 6 heteroatoms. The van der Waals surface area contributed by atoms with Gasteiger partial charge in [-0.15, -0.1) is 0 Å². The molecule has 0 aliphatic rings. The van der Waals surface area contributed by atoms with Gasteiger partial charge in [-0.25, -0.2) is 0 Å². The Hall–Kier alpha value is -0.900. The zero-order valence-electron chi connectivity index (χ0n) is 7.53. The molecule has 13 heavy (non-hydrogen) atoms. The van der Waals surface area contributed by atoms with Gasteiger partial charge < -0.3 is 10.2 Å². The standard InChI is InChI=1S/C7H13NO2.HO2P/c1-6(9)4-8(3)5-7(2)10;1-3-2/h9-10H,1-2,4-5H2,3H3;3H/p+1. The number of aliphatic hydroxyl groups excluding tert-OH is 2. The van der Waals surface area contributed by atoms with Crippen molar-refractivity contribution in [2.24, 2.45) is 0 Å². The molecule has 0 aliphatic carbocycles. The van der Waals surface area contributed by atoms with Gasteiger partial charge in [-0.1, -0.05) is 13.2 Å². The van der Waals surface area contributed by atoms with Crippen LogP contribution in [-0.4, -0.2) is 40.1 Å². The maximum absolute atomic E-state index is 8.69. The smallest absolute Gasteiger partial charge is 0.491 e. The predicted molar refractivity (Wildman–Crippen MR) is 52.3 cm³/mol. The van der Waals surface area contributed by atoms with E-state index in [0.29, 0.717) is 13.1 Å². The number of rotatable bonds is 4. The fourth-order valence-electron chi connectivity index (χ4n) is 0.679. The molecule has 0 rings (SSSR count). The molecule has 0 aromatic heterocycles. The topological polar surface area (TPSA) is 81.0 Å². The fourth-order valence-corrected chi connectivity index (χ4v) is 0.679. The Morgan fingerprint density at radius 1 is 1.31 bits per heavy atom. The van der Waals surface area contributed by atoms with Crippen molar-refractivity contribution in [3.63, 3.8) is 0 Å². The second kappa shape index (κ2) is 9.19. The highest BCUT2D eigenvalue weighted by atomic mass is 31.1. The van der Waals surface area contributed by atoms with Crippen LogP contribution in [0, 0.1) is 0 Å². The minimum absolute atomic E-state index is 0.0868. The molecule has 0 saturated carbocycles. The minimum Gasteiger partial charge on any atom is -0.512 e. The zero-order chi connectivity index (χ0) is 10.9. The first kappa shape index (κ1) is 14.6. The third kappa shape index (κ3) is 18.2. The highest BCUT2D eigenvalue weighted by Gasteiger charge is 1.99. The summed E-state index contributed by atoms with van der Waals surface area (Å²) in [6.45, 7) is 7.33. The molecule has 0 aromatic rings. The molecule has 5 nitrogen and oxygen atoms in total. The molecule has 0 amide bonds. The van der Waals surface area contributed by atoms with Gasteiger partial charge in [0.25, 0.3) is 0 Å². The van der Waals surface area contributed by atoms with Crippen molar-refractivity contribution in [1.82, 2.24) is 4.90 Å². The maximum Gasteiger partial charge on any atom is 0.491 e. The van der Waals surface area contributed by atoms with Crippen molar-refractivity contribution in [2.75, 3.05) is 20.1 Å². The van der Waals surface area contributed by atoms with E-state index < -0.39 is 8.69 Å². The lowest BCUT2D eigenvalue weighted by Crippen LogP contribution is -2.22. The van der Waals surface area contributed by atoms with Gasteiger partial charge in [0.05, 0.1) is 24.6 Å². The molecule has 0 radical (unpaired) electrons. The minimum atomic E-state index is -1.17. The van der Waals surface area contributed by atoms with Gasteiger partial charge in [0.1, 0.15) is 0 Å². The van der Waals surface area contributed by atoms with E-state index in [1.54, 1.807) is 11.9 Å². The number of aliphatic hydroxyl groups is 2. The van der Waals surface area contributed by atoms with Crippen LogP contribution in [-0.2, 0) is 4.57 Å². The molecule has 1 unspecified atom stereocenters. The van der Waals surface area contributed by atoms with E-state index in [1.807, 2.05) is 0 Å². The second-order valence-corrected chi connectivity index (χ2v) is 2.58. The van der Waals surface area contributed by atoms with E-state index in [9.17, 15) is 0 Å². The highest BCUT2D eigenvalue weighted by Crippen LogP contribution is 1.92. The van der Waals surface area contributed by atoms with E-state index in [1.165, 1.54) is 0 Å². The fraction of sp³-hybridized carbons (Fsp3) is 0.429. The van der Waals surface area contributed by atoms with Crippen molar-refractivity contribution in [3.8, 4) is 0 Å². The molecular weight excluding hydrogens is 193 g/mol. The molecule has 0 heterocycles. The van der Waals surface area contributed by atoms with Crippen LogP contribution in [0.4, 0.5) is 0 Å². The van der Waals surface area contributed by atoms with Crippen LogP contribution in [0.5, 0.6) is 0 Å². The van der Waals surface area contributed by atoms with Crippen molar-refractivity contribution in [1.29, 1.82) is 0 Å². The second-order valence-electron chi connectivity index (χ2n) is 2.40. The Morgan fingerprint density at radius 2 is 1.54 bits per heavy atom. The Kier molecular flexibility index (Phi) is 10.3. The summed E-state index contributed by atoms with van der Waals surface area (Å²) in [6, 6.07) is 0. The van der Waals surface area contributed by atoms with E-state index in [4.69, 9.17) is 19.7 Å². The molecule has 0 spiro atoms. The van der Waals surface area contributed by atoms with Gasteiger partial charge in [0, 0.05) is 0 Å². The Bertz CT molecular complexity index is 167. The molecule has 0 bridgehead atoms. The van der Waals surface area contributed by atoms with E-state index in [-0.39, 0.29) is 11.5 Å². The number of hydrogen-bond acceptors (Lipinski definition) is 4. The molecule has 0 fully saturated rings. The Morgan fingerprint density at radius 3 is 1.69 bits per heavy atom. The summed E-state index contributed by atoms with van der Waals surface area (Å²) in [4.78, 5) is 8.74. The number of likely N-dealkylation sites (N-methyl/N-ethyl adjacent to an activating group) is 1. The van der Waals surface area contributed by atoms with E-state index in [2.05, 4.69) is 13.2 Å². The summed E-state index contributed by atoms with van der Waals surface area (Å²) in [7, 11) is 0.586. The van der Waals surface area contributed by atoms with Crippen LogP contribution >= 0.6 is 8.69 Å². The summed E-state index contributed by atoms with van der Waals surface area (Å²) in [5.41, 5.74) is 0. The first-order valence-electron chi connectivity index (χ1n) is 3.37. The quantitative estimate of drug-likeness (QED) is 0.474.